The number of imidazole rings is 1. The molecule has 4 heterocycles. The first-order valence-corrected chi connectivity index (χ1v) is 22.1. The average Bonchev–Trinajstić information content (AvgIpc) is 3.92. The highest BCUT2D eigenvalue weighted by atomic mass is 16.6. The number of carbonyl (C=O) groups excluding carboxylic acids is 3. The molecular formula is C52H49N5O7. The van der Waals surface area contributed by atoms with Gasteiger partial charge in [-0.1, -0.05) is 110 Å². The Morgan fingerprint density at radius 3 is 2.31 bits per heavy atom. The maximum atomic E-state index is 15.6. The lowest BCUT2D eigenvalue weighted by Gasteiger charge is -2.46. The zero-order valence-electron chi connectivity index (χ0n) is 35.2. The first-order chi connectivity index (χ1) is 31.3. The average molecular weight is 856 g/mol. The fraction of sp³-hybridized carbons (Fsp3) is 0.308. The van der Waals surface area contributed by atoms with Crippen LogP contribution in [0.4, 0.5) is 5.69 Å². The van der Waals surface area contributed by atoms with Gasteiger partial charge in [0, 0.05) is 11.3 Å². The summed E-state index contributed by atoms with van der Waals surface area (Å²) in [5.74, 6) is 4.39. The maximum absolute atomic E-state index is 15.6. The number of carbonyl (C=O) groups is 3. The van der Waals surface area contributed by atoms with Gasteiger partial charge in [-0.3, -0.25) is 19.3 Å². The van der Waals surface area contributed by atoms with Gasteiger partial charge in [0.05, 0.1) is 42.2 Å². The number of benzene rings is 5. The Bertz CT molecular complexity index is 2740. The van der Waals surface area contributed by atoms with Crippen LogP contribution in [0.15, 0.2) is 127 Å². The number of nitrogens with one attached hydrogen (secondary N) is 3. The van der Waals surface area contributed by atoms with E-state index in [9.17, 15) is 10.2 Å². The summed E-state index contributed by atoms with van der Waals surface area (Å²) in [5, 5.41) is 27.6. The zero-order valence-corrected chi connectivity index (χ0v) is 35.2. The van der Waals surface area contributed by atoms with Crippen molar-refractivity contribution in [1.29, 1.82) is 0 Å². The Hall–Kier alpha value is -6.78. The van der Waals surface area contributed by atoms with Crippen LogP contribution in [0.2, 0.25) is 0 Å². The van der Waals surface area contributed by atoms with Crippen LogP contribution in [0.1, 0.15) is 90.4 Å². The molecule has 2 amide bonds. The van der Waals surface area contributed by atoms with E-state index < -0.39 is 58.9 Å². The molecule has 1 aliphatic carbocycles. The van der Waals surface area contributed by atoms with Crippen LogP contribution in [0.25, 0.3) is 11.0 Å². The quantitative estimate of drug-likeness (QED) is 0.0588. The predicted molar refractivity (Wildman–Crippen MR) is 240 cm³/mol. The molecule has 0 bridgehead atoms. The molecule has 1 saturated carbocycles. The topological polar surface area (TPSA) is 166 Å². The highest BCUT2D eigenvalue weighted by Crippen LogP contribution is 2.65. The van der Waals surface area contributed by atoms with Gasteiger partial charge in [-0.05, 0) is 90.4 Å². The lowest BCUT2D eigenvalue weighted by molar-refractivity contribution is -0.178. The number of cyclic esters (lactones) is 1. The van der Waals surface area contributed by atoms with Gasteiger partial charge in [-0.2, -0.15) is 0 Å². The smallest absolute Gasteiger partial charge is 0.324 e. The summed E-state index contributed by atoms with van der Waals surface area (Å²) < 4.78 is 12.5. The number of fused-ring (bicyclic) bond motifs is 4. The van der Waals surface area contributed by atoms with Gasteiger partial charge in [0.15, 0.2) is 0 Å². The van der Waals surface area contributed by atoms with E-state index >= 15 is 14.4 Å². The Labute approximate surface area is 371 Å². The second-order valence-electron chi connectivity index (χ2n) is 17.2. The molecule has 6 atom stereocenters. The van der Waals surface area contributed by atoms with Crippen molar-refractivity contribution in [3.8, 4) is 17.6 Å². The van der Waals surface area contributed by atoms with Crippen molar-refractivity contribution >= 4 is 34.5 Å². The summed E-state index contributed by atoms with van der Waals surface area (Å²) in [4.78, 5) is 56.4. The molecule has 10 rings (SSSR count). The minimum absolute atomic E-state index is 0.00958. The van der Waals surface area contributed by atoms with E-state index in [0.717, 1.165) is 47.8 Å². The Balaban J connectivity index is 1.20. The molecule has 2 saturated heterocycles. The number of aromatic amines is 1. The predicted octanol–water partition coefficient (Wildman–Crippen LogP) is 6.96. The van der Waals surface area contributed by atoms with Crippen LogP contribution >= 0.6 is 0 Å². The molecule has 6 aromatic rings. The van der Waals surface area contributed by atoms with E-state index in [-0.39, 0.29) is 19.8 Å². The van der Waals surface area contributed by atoms with Gasteiger partial charge in [-0.25, -0.2) is 4.98 Å². The van der Waals surface area contributed by atoms with Gasteiger partial charge >= 0.3 is 5.97 Å². The summed E-state index contributed by atoms with van der Waals surface area (Å²) in [6.45, 7) is -0.190. The zero-order chi connectivity index (χ0) is 43.8. The number of morpholine rings is 1. The number of hydrogen-bond acceptors (Lipinski definition) is 9. The number of esters is 1. The summed E-state index contributed by atoms with van der Waals surface area (Å²) in [7, 11) is 0. The van der Waals surface area contributed by atoms with Crippen molar-refractivity contribution in [2.75, 3.05) is 18.5 Å². The molecule has 4 aliphatic rings. The third kappa shape index (κ3) is 7.29. The third-order valence-corrected chi connectivity index (χ3v) is 13.4. The number of H-pyrrole nitrogens is 1. The van der Waals surface area contributed by atoms with Crippen LogP contribution in [0, 0.1) is 17.8 Å². The molecule has 12 heteroatoms. The molecule has 0 unspecified atom stereocenters. The third-order valence-electron chi connectivity index (χ3n) is 13.4. The Morgan fingerprint density at radius 2 is 1.56 bits per heavy atom. The number of aliphatic hydroxyl groups excluding tert-OH is 1. The van der Waals surface area contributed by atoms with E-state index in [1.54, 1.807) is 12.1 Å². The summed E-state index contributed by atoms with van der Waals surface area (Å²) in [5.41, 5.74) is 2.35. The lowest BCUT2D eigenvalue weighted by atomic mass is 9.65. The van der Waals surface area contributed by atoms with Crippen molar-refractivity contribution in [3.05, 3.63) is 161 Å². The van der Waals surface area contributed by atoms with E-state index in [2.05, 4.69) is 27.5 Å². The largest absolute Gasteiger partial charge is 0.491 e. The second kappa shape index (κ2) is 17.1. The van der Waals surface area contributed by atoms with Gasteiger partial charge < -0.3 is 35.3 Å². The molecule has 1 spiro atoms. The van der Waals surface area contributed by atoms with Gasteiger partial charge in [0.25, 0.3) is 0 Å². The first-order valence-electron chi connectivity index (χ1n) is 22.1. The number of anilines is 1. The fourth-order valence-electron chi connectivity index (χ4n) is 10.6. The normalized spacial score (nSPS) is 24.8. The number of ether oxygens (including phenoxy) is 2. The van der Waals surface area contributed by atoms with Crippen LogP contribution in [0.3, 0.4) is 0 Å². The van der Waals surface area contributed by atoms with Gasteiger partial charge in [0.2, 0.25) is 11.8 Å². The van der Waals surface area contributed by atoms with Crippen LogP contribution in [-0.2, 0) is 31.1 Å². The SMILES string of the molecule is O=C1O[C@@H](c2ccccc2)[C@@H](c2ccccc2)N2[C@@H](c3cccc(OCCO)c3)[C@]3(C(=O)Nc4ccc(C#CC5(O)CCCCCC5)cc43)[C@@H](C(=O)NCc3nc4ccccc4[nH]3)[C@H]12. The summed E-state index contributed by atoms with van der Waals surface area (Å²) in [6.07, 6.45) is 4.15. The second-order valence-corrected chi connectivity index (χ2v) is 17.2. The van der Waals surface area contributed by atoms with Crippen molar-refractivity contribution < 1.29 is 34.1 Å². The molecule has 3 fully saturated rings. The highest BCUT2D eigenvalue weighted by Gasteiger charge is 2.74. The van der Waals surface area contributed by atoms with E-state index in [1.807, 2.05) is 120 Å². The molecule has 0 radical (unpaired) electrons. The Kier molecular flexibility index (Phi) is 11.0. The van der Waals surface area contributed by atoms with Crippen molar-refractivity contribution in [2.24, 2.45) is 5.92 Å². The maximum Gasteiger partial charge on any atom is 0.324 e. The van der Waals surface area contributed by atoms with E-state index in [1.165, 1.54) is 0 Å². The molecule has 3 aliphatic heterocycles. The number of nitrogens with zero attached hydrogens (tertiary/aromatic N) is 2. The minimum atomic E-state index is -1.76. The molecule has 5 N–H and O–H groups in total. The standard InChI is InChI=1S/C52H49N5O7/c58-28-29-63-37-19-13-18-36(31-37)47-52(38-30-33(22-23-39(38)56-50(52)61)24-27-51(62)25-11-1-2-12-26-51)43(48(59)53-32-42-54-40-20-9-10-21-41(40)55-42)45-49(60)64-46(35-16-7-4-8-17-35)44(57(45)47)34-14-5-3-6-15-34/h3-10,13-23,30-31,43-47,58,62H,1-2,11-12,25-26,28-29,32H2,(H,53,59)(H,54,55)(H,56,61)/t43-,44-,45-,46+,47+,52-/m1/s1. The molecule has 12 nitrogen and oxygen atoms in total. The van der Waals surface area contributed by atoms with E-state index in [0.29, 0.717) is 46.8 Å². The number of aliphatic hydroxyl groups is 2. The van der Waals surface area contributed by atoms with Crippen molar-refractivity contribution in [3.63, 3.8) is 0 Å². The number of para-hydroxylation sites is 2. The van der Waals surface area contributed by atoms with Crippen LogP contribution in [-0.4, -0.2) is 67.7 Å². The molecule has 64 heavy (non-hydrogen) atoms. The van der Waals surface area contributed by atoms with Gasteiger partial charge in [0.1, 0.15) is 41.3 Å². The lowest BCUT2D eigenvalue weighted by Crippen LogP contribution is -2.54. The monoisotopic (exact) mass is 855 g/mol. The summed E-state index contributed by atoms with van der Waals surface area (Å²) in [6, 6.07) is 36.6. The van der Waals surface area contributed by atoms with Crippen LogP contribution < -0.4 is 15.4 Å². The highest BCUT2D eigenvalue weighted by molar-refractivity contribution is 6.12. The molecule has 1 aromatic heterocycles. The Morgan fingerprint density at radius 1 is 0.844 bits per heavy atom. The molecule has 324 valence electrons. The summed E-state index contributed by atoms with van der Waals surface area (Å²) >= 11 is 0. The number of rotatable bonds is 9. The van der Waals surface area contributed by atoms with Crippen molar-refractivity contribution in [1.82, 2.24) is 20.2 Å². The fourth-order valence-corrected chi connectivity index (χ4v) is 10.6. The van der Waals surface area contributed by atoms with Gasteiger partial charge in [-0.15, -0.1) is 0 Å². The van der Waals surface area contributed by atoms with Crippen molar-refractivity contribution in [2.45, 2.75) is 80.3 Å². The molecule has 5 aromatic carbocycles. The first kappa shape index (κ1) is 41.2. The number of aromatic nitrogens is 2. The number of amides is 2. The van der Waals surface area contributed by atoms with E-state index in [4.69, 9.17) is 14.5 Å². The van der Waals surface area contributed by atoms with Crippen LogP contribution in [0.5, 0.6) is 5.75 Å². The number of hydrogen-bond donors (Lipinski definition) is 5. The molecular weight excluding hydrogens is 807 g/mol. The minimum Gasteiger partial charge on any atom is -0.491 e.